The van der Waals surface area contributed by atoms with Crippen molar-refractivity contribution in [2.75, 3.05) is 31.5 Å². The number of benzene rings is 1. The fourth-order valence-corrected chi connectivity index (χ4v) is 3.16. The lowest BCUT2D eigenvalue weighted by atomic mass is 9.89. The van der Waals surface area contributed by atoms with Gasteiger partial charge in [-0.3, -0.25) is 0 Å². The Hall–Kier alpha value is -1.02. The Balaban J connectivity index is 1.62. The molecule has 1 aliphatic rings. The fourth-order valence-electron chi connectivity index (χ4n) is 3.16. The van der Waals surface area contributed by atoms with E-state index in [1.807, 2.05) is 0 Å². The molecule has 2 nitrogen and oxygen atoms in total. The second kappa shape index (κ2) is 8.31. The van der Waals surface area contributed by atoms with Crippen LogP contribution in [0.3, 0.4) is 0 Å². The van der Waals surface area contributed by atoms with E-state index in [0.29, 0.717) is 0 Å². The van der Waals surface area contributed by atoms with Gasteiger partial charge in [-0.15, -0.1) is 0 Å². The maximum atomic E-state index is 3.50. The van der Waals surface area contributed by atoms with Crippen molar-refractivity contribution >= 4 is 5.69 Å². The lowest BCUT2D eigenvalue weighted by Gasteiger charge is -2.21. The molecule has 0 saturated carbocycles. The van der Waals surface area contributed by atoms with E-state index in [1.165, 1.54) is 51.0 Å². The molecule has 2 rings (SSSR count). The average Bonchev–Trinajstić information content (AvgIpc) is 2.70. The molecule has 0 aliphatic carbocycles. The maximum Gasteiger partial charge on any atom is 0.0340 e. The first-order valence-corrected chi connectivity index (χ1v) is 8.27. The van der Waals surface area contributed by atoms with Crippen molar-refractivity contribution in [1.29, 1.82) is 0 Å². The van der Waals surface area contributed by atoms with Gasteiger partial charge in [-0.1, -0.05) is 32.0 Å². The molecule has 1 aromatic rings. The van der Waals surface area contributed by atoms with Crippen LogP contribution in [-0.2, 0) is 0 Å². The Labute approximate surface area is 124 Å². The van der Waals surface area contributed by atoms with Crippen LogP contribution in [-0.4, -0.2) is 31.1 Å². The highest BCUT2D eigenvalue weighted by molar-refractivity contribution is 5.42. The molecule has 1 fully saturated rings. The minimum atomic E-state index is 0.856. The SMILES string of the molecule is CC(C)C1CCCN(CCCNc2ccccc2)CC1. The zero-order valence-electron chi connectivity index (χ0n) is 13.1. The average molecular weight is 274 g/mol. The van der Waals surface area contributed by atoms with Gasteiger partial charge in [-0.25, -0.2) is 0 Å². The topological polar surface area (TPSA) is 15.3 Å². The van der Waals surface area contributed by atoms with Crippen molar-refractivity contribution in [2.45, 2.75) is 39.5 Å². The number of hydrogen-bond donors (Lipinski definition) is 1. The van der Waals surface area contributed by atoms with E-state index in [0.717, 1.165) is 18.4 Å². The summed E-state index contributed by atoms with van der Waals surface area (Å²) in [5.41, 5.74) is 1.24. The third kappa shape index (κ3) is 5.16. The molecule has 0 bridgehead atoms. The Bertz CT molecular complexity index is 361. The molecule has 2 heteroatoms. The first-order valence-electron chi connectivity index (χ1n) is 8.27. The zero-order chi connectivity index (χ0) is 14.2. The van der Waals surface area contributed by atoms with Gasteiger partial charge in [0.2, 0.25) is 0 Å². The molecule has 0 spiro atoms. The number of nitrogens with zero attached hydrogens (tertiary/aromatic N) is 1. The second-order valence-electron chi connectivity index (χ2n) is 6.42. The zero-order valence-corrected chi connectivity index (χ0v) is 13.1. The second-order valence-corrected chi connectivity index (χ2v) is 6.42. The fraction of sp³-hybridized carbons (Fsp3) is 0.667. The minimum Gasteiger partial charge on any atom is -0.385 e. The van der Waals surface area contributed by atoms with Crippen molar-refractivity contribution < 1.29 is 0 Å². The summed E-state index contributed by atoms with van der Waals surface area (Å²) in [6, 6.07) is 10.5. The lowest BCUT2D eigenvalue weighted by Crippen LogP contribution is -2.27. The molecule has 0 radical (unpaired) electrons. The molecule has 1 aromatic carbocycles. The number of anilines is 1. The van der Waals surface area contributed by atoms with Crippen molar-refractivity contribution in [3.05, 3.63) is 30.3 Å². The van der Waals surface area contributed by atoms with E-state index in [4.69, 9.17) is 0 Å². The number of para-hydroxylation sites is 1. The van der Waals surface area contributed by atoms with Crippen LogP contribution in [0.15, 0.2) is 30.3 Å². The van der Waals surface area contributed by atoms with Crippen LogP contribution in [0.25, 0.3) is 0 Å². The summed E-state index contributed by atoms with van der Waals surface area (Å²) in [6.07, 6.45) is 5.44. The van der Waals surface area contributed by atoms with Crippen LogP contribution in [0.5, 0.6) is 0 Å². The van der Waals surface area contributed by atoms with Gasteiger partial charge in [-0.05, 0) is 69.3 Å². The van der Waals surface area contributed by atoms with Crippen LogP contribution in [0.1, 0.15) is 39.5 Å². The van der Waals surface area contributed by atoms with Gasteiger partial charge in [0.1, 0.15) is 0 Å². The first-order chi connectivity index (χ1) is 9.75. The minimum absolute atomic E-state index is 0.856. The van der Waals surface area contributed by atoms with Crippen LogP contribution in [0.2, 0.25) is 0 Å². The van der Waals surface area contributed by atoms with E-state index in [9.17, 15) is 0 Å². The smallest absolute Gasteiger partial charge is 0.0340 e. The highest BCUT2D eigenvalue weighted by Crippen LogP contribution is 2.24. The lowest BCUT2D eigenvalue weighted by molar-refractivity contribution is 0.271. The molecule has 1 saturated heterocycles. The van der Waals surface area contributed by atoms with E-state index >= 15 is 0 Å². The van der Waals surface area contributed by atoms with Gasteiger partial charge in [0.25, 0.3) is 0 Å². The molecule has 1 N–H and O–H groups in total. The third-order valence-corrected chi connectivity index (χ3v) is 4.56. The summed E-state index contributed by atoms with van der Waals surface area (Å²) in [4.78, 5) is 2.66. The largest absolute Gasteiger partial charge is 0.385 e. The Morgan fingerprint density at radius 3 is 2.70 bits per heavy atom. The molecule has 1 aliphatic heterocycles. The summed E-state index contributed by atoms with van der Waals surface area (Å²) in [7, 11) is 0. The van der Waals surface area contributed by atoms with E-state index < -0.39 is 0 Å². The van der Waals surface area contributed by atoms with Crippen LogP contribution >= 0.6 is 0 Å². The van der Waals surface area contributed by atoms with Crippen molar-refractivity contribution in [2.24, 2.45) is 11.8 Å². The summed E-state index contributed by atoms with van der Waals surface area (Å²) in [5.74, 6) is 1.80. The van der Waals surface area contributed by atoms with Gasteiger partial charge in [0, 0.05) is 12.2 Å². The van der Waals surface area contributed by atoms with Gasteiger partial charge in [0.05, 0.1) is 0 Å². The summed E-state index contributed by atoms with van der Waals surface area (Å²) < 4.78 is 0. The number of rotatable bonds is 6. The molecule has 0 amide bonds. The standard InChI is InChI=1S/C18H30N2/c1-16(2)17-8-6-13-20(15-11-17)14-7-12-19-18-9-4-3-5-10-18/h3-5,9-10,16-17,19H,6-8,11-15H2,1-2H3. The van der Waals surface area contributed by atoms with E-state index in [1.54, 1.807) is 0 Å². The number of likely N-dealkylation sites (tertiary alicyclic amines) is 1. The highest BCUT2D eigenvalue weighted by atomic mass is 15.1. The number of nitrogens with one attached hydrogen (secondary N) is 1. The van der Waals surface area contributed by atoms with E-state index in [-0.39, 0.29) is 0 Å². The quantitative estimate of drug-likeness (QED) is 0.780. The third-order valence-electron chi connectivity index (χ3n) is 4.56. The van der Waals surface area contributed by atoms with Crippen molar-refractivity contribution in [3.63, 3.8) is 0 Å². The van der Waals surface area contributed by atoms with Gasteiger partial charge in [0.15, 0.2) is 0 Å². The molecular weight excluding hydrogens is 244 g/mol. The van der Waals surface area contributed by atoms with Crippen LogP contribution in [0, 0.1) is 11.8 Å². The predicted octanol–water partition coefficient (Wildman–Crippen LogP) is 4.25. The van der Waals surface area contributed by atoms with Crippen LogP contribution in [0.4, 0.5) is 5.69 Å². The molecular formula is C18H30N2. The first kappa shape index (κ1) is 15.4. The molecule has 1 atom stereocenters. The highest BCUT2D eigenvalue weighted by Gasteiger charge is 2.18. The predicted molar refractivity (Wildman–Crippen MR) is 88.2 cm³/mol. The Morgan fingerprint density at radius 2 is 1.95 bits per heavy atom. The van der Waals surface area contributed by atoms with Crippen molar-refractivity contribution in [3.8, 4) is 0 Å². The summed E-state index contributed by atoms with van der Waals surface area (Å²) in [5, 5.41) is 3.50. The monoisotopic (exact) mass is 274 g/mol. The van der Waals surface area contributed by atoms with Gasteiger partial charge in [-0.2, -0.15) is 0 Å². The van der Waals surface area contributed by atoms with Crippen molar-refractivity contribution in [1.82, 2.24) is 4.90 Å². The van der Waals surface area contributed by atoms with E-state index in [2.05, 4.69) is 54.4 Å². The molecule has 1 unspecified atom stereocenters. The van der Waals surface area contributed by atoms with Gasteiger partial charge >= 0.3 is 0 Å². The molecule has 112 valence electrons. The number of hydrogen-bond acceptors (Lipinski definition) is 2. The molecule has 1 heterocycles. The summed E-state index contributed by atoms with van der Waals surface area (Å²) >= 11 is 0. The Kier molecular flexibility index (Phi) is 6.38. The molecule has 0 aromatic heterocycles. The Morgan fingerprint density at radius 1 is 1.15 bits per heavy atom. The maximum absolute atomic E-state index is 3.50. The normalized spacial score (nSPS) is 20.9. The molecule has 20 heavy (non-hydrogen) atoms. The van der Waals surface area contributed by atoms with Crippen LogP contribution < -0.4 is 5.32 Å². The van der Waals surface area contributed by atoms with Gasteiger partial charge < -0.3 is 10.2 Å². The summed E-state index contributed by atoms with van der Waals surface area (Å²) in [6.45, 7) is 9.68.